The SMILES string of the molecule is CCNC(=S)N/N=C/c1cc(Br)c(O)c(I)c1. The highest BCUT2D eigenvalue weighted by atomic mass is 127. The van der Waals surface area contributed by atoms with E-state index in [4.69, 9.17) is 12.2 Å². The average Bonchev–Trinajstić information content (AvgIpc) is 2.26. The predicted molar refractivity (Wildman–Crippen MR) is 85.5 cm³/mol. The van der Waals surface area contributed by atoms with E-state index in [1.807, 2.05) is 13.0 Å². The first-order valence-corrected chi connectivity index (χ1v) is 7.07. The number of benzene rings is 1. The monoisotopic (exact) mass is 427 g/mol. The highest BCUT2D eigenvalue weighted by Crippen LogP contribution is 2.29. The van der Waals surface area contributed by atoms with Gasteiger partial charge in [0.1, 0.15) is 5.75 Å². The van der Waals surface area contributed by atoms with Gasteiger partial charge in [-0.3, -0.25) is 5.43 Å². The summed E-state index contributed by atoms with van der Waals surface area (Å²) in [5.74, 6) is 0.235. The summed E-state index contributed by atoms with van der Waals surface area (Å²) in [5.41, 5.74) is 3.56. The van der Waals surface area contributed by atoms with Crippen molar-refractivity contribution in [1.29, 1.82) is 0 Å². The lowest BCUT2D eigenvalue weighted by Gasteiger charge is -2.04. The van der Waals surface area contributed by atoms with Crippen molar-refractivity contribution in [3.8, 4) is 5.75 Å². The summed E-state index contributed by atoms with van der Waals surface area (Å²) >= 11 is 10.3. The van der Waals surface area contributed by atoms with Crippen LogP contribution in [0.4, 0.5) is 0 Å². The minimum Gasteiger partial charge on any atom is -0.506 e. The van der Waals surface area contributed by atoms with Gasteiger partial charge in [0, 0.05) is 6.54 Å². The Morgan fingerprint density at radius 3 is 2.94 bits per heavy atom. The van der Waals surface area contributed by atoms with Crippen LogP contribution in [0.2, 0.25) is 0 Å². The molecule has 0 spiro atoms. The van der Waals surface area contributed by atoms with Crippen molar-refractivity contribution in [2.24, 2.45) is 5.10 Å². The second kappa shape index (κ2) is 7.12. The fourth-order valence-corrected chi connectivity index (χ4v) is 2.72. The van der Waals surface area contributed by atoms with Crippen molar-refractivity contribution in [3.63, 3.8) is 0 Å². The molecule has 0 saturated heterocycles. The first kappa shape index (κ1) is 14.7. The van der Waals surface area contributed by atoms with Crippen LogP contribution < -0.4 is 10.7 Å². The van der Waals surface area contributed by atoms with Gasteiger partial charge >= 0.3 is 0 Å². The van der Waals surface area contributed by atoms with Gasteiger partial charge in [-0.15, -0.1) is 0 Å². The van der Waals surface area contributed by atoms with E-state index < -0.39 is 0 Å². The number of phenolic OH excluding ortho intramolecular Hbond substituents is 1. The molecule has 0 unspecified atom stereocenters. The zero-order valence-electron chi connectivity index (χ0n) is 9.00. The average molecular weight is 428 g/mol. The predicted octanol–water partition coefficient (Wildman–Crippen LogP) is 2.58. The number of phenols is 1. The third-order valence-corrected chi connectivity index (χ3v) is 3.42. The number of nitrogens with one attached hydrogen (secondary N) is 2. The first-order chi connectivity index (χ1) is 8.04. The molecular weight excluding hydrogens is 417 g/mol. The van der Waals surface area contributed by atoms with Crippen LogP contribution in [0.3, 0.4) is 0 Å². The Morgan fingerprint density at radius 1 is 1.65 bits per heavy atom. The summed E-state index contributed by atoms with van der Waals surface area (Å²) in [7, 11) is 0. The van der Waals surface area contributed by atoms with E-state index in [2.05, 4.69) is 54.4 Å². The molecule has 0 amide bonds. The molecule has 1 aromatic carbocycles. The quantitative estimate of drug-likeness (QED) is 0.300. The van der Waals surface area contributed by atoms with Crippen LogP contribution in [0.1, 0.15) is 12.5 Å². The van der Waals surface area contributed by atoms with Gasteiger partial charge in [0.15, 0.2) is 5.11 Å². The van der Waals surface area contributed by atoms with Crippen LogP contribution in [0, 0.1) is 3.57 Å². The minimum atomic E-state index is 0.235. The van der Waals surface area contributed by atoms with Gasteiger partial charge in [0.05, 0.1) is 14.3 Å². The molecule has 0 bridgehead atoms. The molecule has 1 rings (SSSR count). The molecule has 0 aliphatic carbocycles. The molecule has 7 heteroatoms. The molecule has 17 heavy (non-hydrogen) atoms. The second-order valence-corrected chi connectivity index (χ2v) is 5.49. The van der Waals surface area contributed by atoms with Crippen molar-refractivity contribution in [2.75, 3.05) is 6.54 Å². The normalized spacial score (nSPS) is 10.5. The summed E-state index contributed by atoms with van der Waals surface area (Å²) < 4.78 is 1.40. The van der Waals surface area contributed by atoms with Crippen molar-refractivity contribution in [3.05, 3.63) is 25.7 Å². The number of rotatable bonds is 3. The van der Waals surface area contributed by atoms with Crippen molar-refractivity contribution >= 4 is 62.1 Å². The van der Waals surface area contributed by atoms with E-state index in [0.29, 0.717) is 9.59 Å². The molecule has 1 aromatic rings. The van der Waals surface area contributed by atoms with E-state index in [1.165, 1.54) is 0 Å². The maximum atomic E-state index is 9.57. The van der Waals surface area contributed by atoms with Crippen LogP contribution in [0.25, 0.3) is 0 Å². The number of halogens is 2. The lowest BCUT2D eigenvalue weighted by Crippen LogP contribution is -2.31. The molecule has 4 nitrogen and oxygen atoms in total. The molecule has 0 aliphatic heterocycles. The van der Waals surface area contributed by atoms with Gasteiger partial charge in [0.25, 0.3) is 0 Å². The molecule has 0 aromatic heterocycles. The summed E-state index contributed by atoms with van der Waals surface area (Å²) in [5, 5.41) is 17.0. The molecule has 0 fully saturated rings. The first-order valence-electron chi connectivity index (χ1n) is 4.79. The van der Waals surface area contributed by atoms with E-state index in [0.717, 1.165) is 15.7 Å². The third-order valence-electron chi connectivity index (χ3n) is 1.76. The summed E-state index contributed by atoms with van der Waals surface area (Å²) in [4.78, 5) is 0. The Labute approximate surface area is 127 Å². The second-order valence-electron chi connectivity index (χ2n) is 3.06. The van der Waals surface area contributed by atoms with Gasteiger partial charge in [-0.25, -0.2) is 0 Å². The lowest BCUT2D eigenvalue weighted by molar-refractivity contribution is 0.468. The number of hydrogen-bond donors (Lipinski definition) is 3. The largest absolute Gasteiger partial charge is 0.506 e. The molecule has 0 saturated carbocycles. The Kier molecular flexibility index (Phi) is 6.14. The number of hydrazone groups is 1. The van der Waals surface area contributed by atoms with Crippen LogP contribution in [-0.4, -0.2) is 23.0 Å². The van der Waals surface area contributed by atoms with Gasteiger partial charge in [0.2, 0.25) is 0 Å². The standard InChI is InChI=1S/C10H11BrIN3OS/c1-2-13-10(17)15-14-5-6-3-7(11)9(16)8(12)4-6/h3-5,16H,2H2,1H3,(H2,13,15,17)/b14-5+. The number of thiocarbonyl (C=S) groups is 1. The van der Waals surface area contributed by atoms with Crippen molar-refractivity contribution in [1.82, 2.24) is 10.7 Å². The molecule has 0 atom stereocenters. The maximum Gasteiger partial charge on any atom is 0.186 e. The third kappa shape index (κ3) is 4.76. The van der Waals surface area contributed by atoms with E-state index in [1.54, 1.807) is 12.3 Å². The van der Waals surface area contributed by atoms with E-state index in [-0.39, 0.29) is 5.75 Å². The summed E-state index contributed by atoms with van der Waals surface area (Å²) in [6.45, 7) is 2.71. The van der Waals surface area contributed by atoms with Gasteiger partial charge in [-0.1, -0.05) is 0 Å². The number of hydrogen-bond acceptors (Lipinski definition) is 3. The van der Waals surface area contributed by atoms with E-state index >= 15 is 0 Å². The molecule has 0 radical (unpaired) electrons. The fraction of sp³-hybridized carbons (Fsp3) is 0.200. The van der Waals surface area contributed by atoms with E-state index in [9.17, 15) is 5.11 Å². The van der Waals surface area contributed by atoms with Crippen LogP contribution in [-0.2, 0) is 0 Å². The van der Waals surface area contributed by atoms with Crippen LogP contribution in [0.5, 0.6) is 5.75 Å². The smallest absolute Gasteiger partial charge is 0.186 e. The number of aromatic hydroxyl groups is 1. The molecule has 0 heterocycles. The topological polar surface area (TPSA) is 56.7 Å². The van der Waals surface area contributed by atoms with Gasteiger partial charge in [-0.2, -0.15) is 5.10 Å². The Hall–Kier alpha value is -0.410. The number of nitrogens with zero attached hydrogens (tertiary/aromatic N) is 1. The van der Waals surface area contributed by atoms with Crippen LogP contribution in [0.15, 0.2) is 21.7 Å². The summed E-state index contributed by atoms with van der Waals surface area (Å²) in [6.07, 6.45) is 1.63. The van der Waals surface area contributed by atoms with Crippen LogP contribution >= 0.6 is 50.7 Å². The highest BCUT2D eigenvalue weighted by molar-refractivity contribution is 14.1. The Bertz CT molecular complexity index is 430. The molecule has 92 valence electrons. The van der Waals surface area contributed by atoms with Crippen molar-refractivity contribution < 1.29 is 5.11 Å². The van der Waals surface area contributed by atoms with Gasteiger partial charge < -0.3 is 10.4 Å². The molecular formula is C10H11BrIN3OS. The molecule has 0 aliphatic rings. The maximum absolute atomic E-state index is 9.57. The zero-order chi connectivity index (χ0) is 12.8. The summed E-state index contributed by atoms with van der Waals surface area (Å²) in [6, 6.07) is 3.60. The molecule has 3 N–H and O–H groups in total. The Morgan fingerprint density at radius 2 is 2.35 bits per heavy atom. The zero-order valence-corrected chi connectivity index (χ0v) is 13.6. The lowest BCUT2D eigenvalue weighted by atomic mass is 10.2. The fourth-order valence-electron chi connectivity index (χ4n) is 1.03. The van der Waals surface area contributed by atoms with Gasteiger partial charge in [-0.05, 0) is 75.4 Å². The minimum absolute atomic E-state index is 0.235. The highest BCUT2D eigenvalue weighted by Gasteiger charge is 2.04. The van der Waals surface area contributed by atoms with Crippen molar-refractivity contribution in [2.45, 2.75) is 6.92 Å². The Balaban J connectivity index is 2.69.